The van der Waals surface area contributed by atoms with Crippen molar-refractivity contribution in [2.45, 2.75) is 13.3 Å². The Morgan fingerprint density at radius 2 is 2.14 bits per heavy atom. The van der Waals surface area contributed by atoms with Gasteiger partial charge in [-0.05, 0) is 18.1 Å². The van der Waals surface area contributed by atoms with E-state index in [-0.39, 0.29) is 0 Å². The Morgan fingerprint density at radius 3 is 2.79 bits per heavy atom. The number of nitrogens with zero attached hydrogens (tertiary/aromatic N) is 2. The molecule has 0 saturated heterocycles. The third kappa shape index (κ3) is 2.01. The lowest BCUT2D eigenvalue weighted by Crippen LogP contribution is -1.93. The first-order chi connectivity index (χ1) is 6.75. The van der Waals surface area contributed by atoms with Crippen LogP contribution >= 0.6 is 15.9 Å². The predicted octanol–water partition coefficient (Wildman–Crippen LogP) is 2.73. The van der Waals surface area contributed by atoms with Crippen molar-refractivity contribution in [2.75, 3.05) is 0 Å². The molecular weight excluding hydrogens is 244 g/mol. The van der Waals surface area contributed by atoms with E-state index in [1.807, 2.05) is 12.1 Å². The van der Waals surface area contributed by atoms with Gasteiger partial charge in [0, 0.05) is 22.4 Å². The summed E-state index contributed by atoms with van der Waals surface area (Å²) in [6.45, 7) is 2.07. The van der Waals surface area contributed by atoms with E-state index in [0.717, 1.165) is 0 Å². The van der Waals surface area contributed by atoms with Gasteiger partial charge in [0.25, 0.3) is 4.80 Å². The fraction of sp³-hybridized carbons (Fsp3) is 0.200. The highest BCUT2D eigenvalue weighted by Crippen LogP contribution is 2.13. The summed E-state index contributed by atoms with van der Waals surface area (Å²) in [5.74, 6) is 0.700. The van der Waals surface area contributed by atoms with Gasteiger partial charge in [-0.2, -0.15) is 4.98 Å². The quantitative estimate of drug-likeness (QED) is 0.825. The topological polar surface area (TPSA) is 38.9 Å². The van der Waals surface area contributed by atoms with Crippen molar-refractivity contribution in [2.24, 2.45) is 0 Å². The number of halogens is 1. The predicted molar refractivity (Wildman–Crippen MR) is 56.0 cm³/mol. The van der Waals surface area contributed by atoms with Crippen molar-refractivity contribution in [1.29, 1.82) is 0 Å². The van der Waals surface area contributed by atoms with Gasteiger partial charge in [-0.25, -0.2) is 0 Å². The molecule has 0 fully saturated rings. The molecule has 0 atom stereocenters. The van der Waals surface area contributed by atoms with Crippen molar-refractivity contribution in [1.82, 2.24) is 10.1 Å². The first kappa shape index (κ1) is 9.40. The Balaban J connectivity index is 2.23. The maximum atomic E-state index is 4.83. The fourth-order valence-electron chi connectivity index (χ4n) is 1.28. The molecule has 3 nitrogen and oxygen atoms in total. The standard InChI is InChI=1S/C10H9BrN2O/c1-7-4-2-3-5-8(7)6-9-12-10(11)14-13-9/h2-5H,6H2,1H3. The average molecular weight is 253 g/mol. The molecule has 0 bridgehead atoms. The summed E-state index contributed by atoms with van der Waals surface area (Å²) in [4.78, 5) is 4.52. The monoisotopic (exact) mass is 252 g/mol. The van der Waals surface area contributed by atoms with E-state index in [0.29, 0.717) is 17.0 Å². The van der Waals surface area contributed by atoms with Crippen LogP contribution in [0.4, 0.5) is 0 Å². The molecule has 0 aliphatic rings. The van der Waals surface area contributed by atoms with Crippen LogP contribution in [0.2, 0.25) is 0 Å². The van der Waals surface area contributed by atoms with E-state index in [1.54, 1.807) is 0 Å². The molecule has 0 amide bonds. The number of benzene rings is 1. The third-order valence-electron chi connectivity index (χ3n) is 2.05. The fourth-order valence-corrected chi connectivity index (χ4v) is 1.56. The van der Waals surface area contributed by atoms with Gasteiger partial charge >= 0.3 is 0 Å². The van der Waals surface area contributed by atoms with Gasteiger partial charge in [0.15, 0.2) is 5.82 Å². The molecule has 4 heteroatoms. The number of aromatic nitrogens is 2. The van der Waals surface area contributed by atoms with E-state index in [1.165, 1.54) is 11.1 Å². The van der Waals surface area contributed by atoms with Gasteiger partial charge in [0.2, 0.25) is 0 Å². The van der Waals surface area contributed by atoms with Crippen molar-refractivity contribution in [3.05, 3.63) is 46.0 Å². The van der Waals surface area contributed by atoms with Crippen LogP contribution in [0, 0.1) is 6.92 Å². The highest BCUT2D eigenvalue weighted by Gasteiger charge is 2.05. The molecule has 0 radical (unpaired) electrons. The van der Waals surface area contributed by atoms with Crippen LogP contribution in [0.15, 0.2) is 33.6 Å². The van der Waals surface area contributed by atoms with Gasteiger partial charge in [0.05, 0.1) is 0 Å². The molecule has 0 aliphatic carbocycles. The van der Waals surface area contributed by atoms with Gasteiger partial charge in [0.1, 0.15) is 0 Å². The largest absolute Gasteiger partial charge is 0.327 e. The van der Waals surface area contributed by atoms with Crippen LogP contribution in [0.1, 0.15) is 17.0 Å². The molecule has 2 aromatic rings. The molecule has 0 unspecified atom stereocenters. The molecule has 14 heavy (non-hydrogen) atoms. The molecule has 1 aromatic carbocycles. The van der Waals surface area contributed by atoms with Crippen molar-refractivity contribution >= 4 is 15.9 Å². The summed E-state index contributed by atoms with van der Waals surface area (Å²) in [6, 6.07) is 8.17. The van der Waals surface area contributed by atoms with Crippen LogP contribution in [0.5, 0.6) is 0 Å². The zero-order chi connectivity index (χ0) is 9.97. The van der Waals surface area contributed by atoms with Crippen molar-refractivity contribution in [3.63, 3.8) is 0 Å². The first-order valence-corrected chi connectivity index (χ1v) is 5.07. The van der Waals surface area contributed by atoms with E-state index in [9.17, 15) is 0 Å². The second-order valence-corrected chi connectivity index (χ2v) is 3.75. The maximum Gasteiger partial charge on any atom is 0.293 e. The highest BCUT2D eigenvalue weighted by molar-refractivity contribution is 9.10. The Kier molecular flexibility index (Phi) is 2.63. The smallest absolute Gasteiger partial charge is 0.293 e. The summed E-state index contributed by atoms with van der Waals surface area (Å²) >= 11 is 3.12. The highest BCUT2D eigenvalue weighted by atomic mass is 79.9. The Morgan fingerprint density at radius 1 is 1.36 bits per heavy atom. The van der Waals surface area contributed by atoms with E-state index in [4.69, 9.17) is 4.52 Å². The Hall–Kier alpha value is -1.16. The SMILES string of the molecule is Cc1ccccc1Cc1noc(Br)n1. The van der Waals surface area contributed by atoms with Crippen molar-refractivity contribution in [3.8, 4) is 0 Å². The van der Waals surface area contributed by atoms with Gasteiger partial charge in [-0.1, -0.05) is 29.4 Å². The van der Waals surface area contributed by atoms with Gasteiger partial charge < -0.3 is 4.52 Å². The minimum atomic E-state index is 0.432. The Labute approximate surface area is 90.3 Å². The van der Waals surface area contributed by atoms with E-state index < -0.39 is 0 Å². The van der Waals surface area contributed by atoms with Crippen LogP contribution in [-0.2, 0) is 6.42 Å². The molecule has 0 saturated carbocycles. The second kappa shape index (κ2) is 3.92. The Bertz CT molecular complexity index is 439. The maximum absolute atomic E-state index is 4.83. The number of hydrogen-bond donors (Lipinski definition) is 0. The molecule has 1 heterocycles. The zero-order valence-electron chi connectivity index (χ0n) is 7.70. The van der Waals surface area contributed by atoms with Crippen LogP contribution < -0.4 is 0 Å². The van der Waals surface area contributed by atoms with Crippen molar-refractivity contribution < 1.29 is 4.52 Å². The summed E-state index contributed by atoms with van der Waals surface area (Å²) < 4.78 is 4.83. The van der Waals surface area contributed by atoms with Crippen LogP contribution in [-0.4, -0.2) is 10.1 Å². The van der Waals surface area contributed by atoms with Crippen LogP contribution in [0.25, 0.3) is 0 Å². The normalized spacial score (nSPS) is 10.4. The lowest BCUT2D eigenvalue weighted by Gasteiger charge is -2.00. The van der Waals surface area contributed by atoms with E-state index in [2.05, 4.69) is 45.1 Å². The minimum absolute atomic E-state index is 0.432. The zero-order valence-corrected chi connectivity index (χ0v) is 9.28. The minimum Gasteiger partial charge on any atom is -0.327 e. The third-order valence-corrected chi connectivity index (χ3v) is 2.38. The molecule has 0 N–H and O–H groups in total. The van der Waals surface area contributed by atoms with Crippen LogP contribution in [0.3, 0.4) is 0 Å². The molecular formula is C10H9BrN2O. The lowest BCUT2D eigenvalue weighted by molar-refractivity contribution is 0.391. The summed E-state index contributed by atoms with van der Waals surface area (Å²) in [5, 5.41) is 3.82. The summed E-state index contributed by atoms with van der Waals surface area (Å²) in [7, 11) is 0. The molecule has 0 aliphatic heterocycles. The lowest BCUT2D eigenvalue weighted by atomic mass is 10.1. The number of rotatable bonds is 2. The second-order valence-electron chi connectivity index (χ2n) is 3.07. The molecule has 72 valence electrons. The molecule has 2 rings (SSSR count). The summed E-state index contributed by atoms with van der Waals surface area (Å²) in [6.07, 6.45) is 0.710. The average Bonchev–Trinajstić information content (AvgIpc) is 2.56. The number of aryl methyl sites for hydroxylation is 1. The summed E-state index contributed by atoms with van der Waals surface area (Å²) in [5.41, 5.74) is 2.47. The molecule has 0 spiro atoms. The first-order valence-electron chi connectivity index (χ1n) is 4.28. The van der Waals surface area contributed by atoms with Gasteiger partial charge in [-0.15, -0.1) is 0 Å². The van der Waals surface area contributed by atoms with E-state index >= 15 is 0 Å². The van der Waals surface area contributed by atoms with Gasteiger partial charge in [-0.3, -0.25) is 0 Å². The number of hydrogen-bond acceptors (Lipinski definition) is 3. The molecule has 1 aromatic heterocycles.